The molecule has 0 bridgehead atoms. The van der Waals surface area contributed by atoms with E-state index in [0.717, 1.165) is 50.1 Å². The summed E-state index contributed by atoms with van der Waals surface area (Å²) in [6, 6.07) is 72.5. The maximum absolute atomic E-state index is 6.85. The smallest absolute Gasteiger partial charge is 0.145 e. The number of rotatable bonds is 6. The van der Waals surface area contributed by atoms with Gasteiger partial charge in [0.05, 0.1) is 11.1 Å². The molecule has 0 radical (unpaired) electrons. The molecule has 0 aliphatic rings. The molecular formula is C54H33NOS2. The molecular weight excluding hydrogens is 743 g/mol. The highest BCUT2D eigenvalue weighted by molar-refractivity contribution is 7.26. The Labute approximate surface area is 343 Å². The van der Waals surface area contributed by atoms with E-state index >= 15 is 0 Å². The summed E-state index contributed by atoms with van der Waals surface area (Å²) < 4.78 is 12.1. The molecule has 9 aromatic carbocycles. The van der Waals surface area contributed by atoms with Gasteiger partial charge in [-0.15, -0.1) is 22.7 Å². The number of furan rings is 1. The van der Waals surface area contributed by atoms with Crippen LogP contribution in [0.3, 0.4) is 0 Å². The Morgan fingerprint density at radius 2 is 0.879 bits per heavy atom. The van der Waals surface area contributed by atoms with Crippen LogP contribution in [0.5, 0.6) is 0 Å². The van der Waals surface area contributed by atoms with Crippen molar-refractivity contribution in [2.75, 3.05) is 4.90 Å². The van der Waals surface area contributed by atoms with Gasteiger partial charge in [0, 0.05) is 62.7 Å². The van der Waals surface area contributed by atoms with Crippen molar-refractivity contribution in [2.24, 2.45) is 0 Å². The van der Waals surface area contributed by atoms with Gasteiger partial charge in [0.2, 0.25) is 0 Å². The van der Waals surface area contributed by atoms with Crippen LogP contribution in [0, 0.1) is 0 Å². The number of anilines is 3. The molecule has 0 amide bonds. The number of para-hydroxylation sites is 2. The Morgan fingerprint density at radius 1 is 0.345 bits per heavy atom. The van der Waals surface area contributed by atoms with E-state index in [4.69, 9.17) is 4.42 Å². The summed E-state index contributed by atoms with van der Waals surface area (Å²) in [5.41, 5.74) is 12.0. The molecule has 12 aromatic rings. The molecule has 3 aromatic heterocycles. The second-order valence-corrected chi connectivity index (χ2v) is 17.0. The summed E-state index contributed by atoms with van der Waals surface area (Å²) in [7, 11) is 0. The third-order valence-corrected chi connectivity index (χ3v) is 13.7. The number of thiophene rings is 2. The van der Waals surface area contributed by atoms with Crippen LogP contribution in [0.2, 0.25) is 0 Å². The van der Waals surface area contributed by atoms with Gasteiger partial charge in [-0.2, -0.15) is 0 Å². The Hall–Kier alpha value is -6.98. The summed E-state index contributed by atoms with van der Waals surface area (Å²) in [5, 5.41) is 7.45. The van der Waals surface area contributed by atoms with E-state index in [2.05, 4.69) is 205 Å². The lowest BCUT2D eigenvalue weighted by molar-refractivity contribution is 0.670. The van der Waals surface area contributed by atoms with Gasteiger partial charge in [0.15, 0.2) is 0 Å². The molecule has 4 heteroatoms. The number of benzene rings is 9. The van der Waals surface area contributed by atoms with Crippen LogP contribution in [-0.2, 0) is 0 Å². The molecule has 0 atom stereocenters. The quantitative estimate of drug-likeness (QED) is 0.167. The highest BCUT2D eigenvalue weighted by Gasteiger charge is 2.22. The topological polar surface area (TPSA) is 16.4 Å². The lowest BCUT2D eigenvalue weighted by Crippen LogP contribution is -2.10. The largest absolute Gasteiger partial charge is 0.455 e. The van der Waals surface area contributed by atoms with E-state index in [0.29, 0.717) is 0 Å². The molecule has 12 rings (SSSR count). The first-order valence-electron chi connectivity index (χ1n) is 19.6. The summed E-state index contributed by atoms with van der Waals surface area (Å²) in [6.45, 7) is 0. The molecule has 0 fully saturated rings. The molecule has 0 N–H and O–H groups in total. The van der Waals surface area contributed by atoms with Gasteiger partial charge in [-0.1, -0.05) is 127 Å². The highest BCUT2D eigenvalue weighted by Crippen LogP contribution is 2.47. The average molecular weight is 776 g/mol. The third kappa shape index (κ3) is 5.37. The van der Waals surface area contributed by atoms with E-state index in [1.807, 2.05) is 22.7 Å². The molecule has 0 aliphatic heterocycles. The standard InChI is InChI=1S/C54H33NOS2/c1-2-13-39(14-3-1)55(40-25-21-34(22-26-40)36-23-27-44-42-15-5-8-19-49(42)57-51(44)32-36)47-30-29-41(54-53(47)46-17-4-7-18-48(46)56-54)38-12-10-11-35(31-38)37-24-28-45-43-16-6-9-20-50(43)58-52(45)33-37/h1-33H. The molecule has 272 valence electrons. The second kappa shape index (κ2) is 13.3. The van der Waals surface area contributed by atoms with Crippen molar-refractivity contribution in [3.8, 4) is 33.4 Å². The third-order valence-electron chi connectivity index (χ3n) is 11.5. The van der Waals surface area contributed by atoms with E-state index in [-0.39, 0.29) is 0 Å². The Balaban J connectivity index is 0.980. The van der Waals surface area contributed by atoms with Crippen LogP contribution in [0.1, 0.15) is 0 Å². The maximum atomic E-state index is 6.85. The van der Waals surface area contributed by atoms with Crippen molar-refractivity contribution in [1.82, 2.24) is 0 Å². The van der Waals surface area contributed by atoms with E-state index < -0.39 is 0 Å². The van der Waals surface area contributed by atoms with Crippen molar-refractivity contribution in [3.63, 3.8) is 0 Å². The molecule has 3 heterocycles. The molecule has 0 saturated heterocycles. The van der Waals surface area contributed by atoms with Gasteiger partial charge in [0.1, 0.15) is 11.2 Å². The van der Waals surface area contributed by atoms with Gasteiger partial charge in [-0.3, -0.25) is 0 Å². The van der Waals surface area contributed by atoms with Crippen LogP contribution in [0.15, 0.2) is 205 Å². The SMILES string of the molecule is c1ccc(N(c2ccc(-c3ccc4c(c3)sc3ccccc34)cc2)c2ccc(-c3cccc(-c4ccc5c(c4)sc4ccccc45)c3)c3oc4ccccc4c23)cc1. The maximum Gasteiger partial charge on any atom is 0.145 e. The van der Waals surface area contributed by atoms with Crippen molar-refractivity contribution in [1.29, 1.82) is 0 Å². The van der Waals surface area contributed by atoms with E-state index in [9.17, 15) is 0 Å². The highest BCUT2D eigenvalue weighted by atomic mass is 32.1. The summed E-state index contributed by atoms with van der Waals surface area (Å²) in [6.07, 6.45) is 0. The Bertz CT molecular complexity index is 3520. The van der Waals surface area contributed by atoms with Gasteiger partial charge in [0.25, 0.3) is 0 Å². The van der Waals surface area contributed by atoms with Crippen molar-refractivity contribution in [3.05, 3.63) is 200 Å². The first-order valence-corrected chi connectivity index (χ1v) is 21.2. The monoisotopic (exact) mass is 775 g/mol. The lowest BCUT2D eigenvalue weighted by atomic mass is 9.96. The molecule has 0 unspecified atom stereocenters. The minimum atomic E-state index is 0.873. The molecule has 2 nitrogen and oxygen atoms in total. The minimum Gasteiger partial charge on any atom is -0.455 e. The molecule has 0 spiro atoms. The first-order chi connectivity index (χ1) is 28.7. The zero-order valence-electron chi connectivity index (χ0n) is 31.2. The fraction of sp³-hybridized carbons (Fsp3) is 0. The minimum absolute atomic E-state index is 0.873. The predicted octanol–water partition coefficient (Wildman–Crippen LogP) is 16.8. The lowest BCUT2D eigenvalue weighted by Gasteiger charge is -2.27. The summed E-state index contributed by atoms with van der Waals surface area (Å²) in [4.78, 5) is 2.36. The number of nitrogens with zero attached hydrogens (tertiary/aromatic N) is 1. The fourth-order valence-corrected chi connectivity index (χ4v) is 11.0. The van der Waals surface area contributed by atoms with Crippen LogP contribution in [-0.4, -0.2) is 0 Å². The number of hydrogen-bond acceptors (Lipinski definition) is 4. The first kappa shape index (κ1) is 33.2. The van der Waals surface area contributed by atoms with Crippen LogP contribution in [0.4, 0.5) is 17.1 Å². The van der Waals surface area contributed by atoms with E-state index in [1.54, 1.807) is 0 Å². The second-order valence-electron chi connectivity index (χ2n) is 14.9. The molecule has 0 saturated carbocycles. The van der Waals surface area contributed by atoms with Gasteiger partial charge in [-0.05, 0) is 101 Å². The van der Waals surface area contributed by atoms with E-state index in [1.165, 1.54) is 62.6 Å². The van der Waals surface area contributed by atoms with Gasteiger partial charge in [-0.25, -0.2) is 0 Å². The normalized spacial score (nSPS) is 11.8. The van der Waals surface area contributed by atoms with Gasteiger partial charge >= 0.3 is 0 Å². The summed E-state index contributed by atoms with van der Waals surface area (Å²) >= 11 is 3.72. The predicted molar refractivity (Wildman–Crippen MR) is 250 cm³/mol. The van der Waals surface area contributed by atoms with Crippen molar-refractivity contribution in [2.45, 2.75) is 0 Å². The number of hydrogen-bond donors (Lipinski definition) is 0. The van der Waals surface area contributed by atoms with Crippen molar-refractivity contribution >= 4 is 102 Å². The average Bonchev–Trinajstić information content (AvgIpc) is 3.98. The zero-order valence-corrected chi connectivity index (χ0v) is 32.9. The zero-order chi connectivity index (χ0) is 38.2. The Morgan fingerprint density at radius 3 is 1.59 bits per heavy atom. The number of fused-ring (bicyclic) bond motifs is 9. The fourth-order valence-electron chi connectivity index (χ4n) is 8.71. The molecule has 0 aliphatic carbocycles. The van der Waals surface area contributed by atoms with Crippen molar-refractivity contribution < 1.29 is 4.42 Å². The van der Waals surface area contributed by atoms with Crippen LogP contribution < -0.4 is 4.90 Å². The molecule has 58 heavy (non-hydrogen) atoms. The van der Waals surface area contributed by atoms with Crippen LogP contribution in [0.25, 0.3) is 95.7 Å². The summed E-state index contributed by atoms with van der Waals surface area (Å²) in [5.74, 6) is 0. The Kier molecular flexibility index (Phi) is 7.62. The van der Waals surface area contributed by atoms with Gasteiger partial charge < -0.3 is 9.32 Å². The van der Waals surface area contributed by atoms with Crippen LogP contribution >= 0.6 is 22.7 Å².